The van der Waals surface area contributed by atoms with Gasteiger partial charge in [-0.25, -0.2) is 0 Å². The normalized spacial score (nSPS) is 10.9. The van der Waals surface area contributed by atoms with Gasteiger partial charge >= 0.3 is 0 Å². The fraction of sp³-hybridized carbons (Fsp3) is 0.263. The molecule has 0 heterocycles. The van der Waals surface area contributed by atoms with E-state index in [9.17, 15) is 9.59 Å². The number of nitrogens with one attached hydrogen (secondary N) is 2. The third-order valence-electron chi connectivity index (χ3n) is 3.82. The molecule has 2 aromatic carbocycles. The lowest BCUT2D eigenvalue weighted by atomic mass is 9.90. The highest BCUT2D eigenvalue weighted by Gasteiger charge is 2.36. The third kappa shape index (κ3) is 4.19. The first kappa shape index (κ1) is 16.7. The molecule has 0 aromatic heterocycles. The lowest BCUT2D eigenvalue weighted by molar-refractivity contribution is -0.138. The maximum absolute atomic E-state index is 12.5. The van der Waals surface area contributed by atoms with Crippen molar-refractivity contribution in [1.82, 2.24) is 5.32 Å². The van der Waals surface area contributed by atoms with Gasteiger partial charge in [-0.05, 0) is 38.0 Å². The van der Waals surface area contributed by atoms with Gasteiger partial charge < -0.3 is 10.6 Å². The third-order valence-corrected chi connectivity index (χ3v) is 3.82. The first-order valence-electron chi connectivity index (χ1n) is 7.60. The summed E-state index contributed by atoms with van der Waals surface area (Å²) in [6.45, 7) is 5.57. The average Bonchev–Trinajstić information content (AvgIpc) is 2.55. The van der Waals surface area contributed by atoms with Crippen molar-refractivity contribution < 1.29 is 9.59 Å². The number of anilines is 1. The minimum absolute atomic E-state index is 0.299. The summed E-state index contributed by atoms with van der Waals surface area (Å²) in [4.78, 5) is 24.9. The van der Waals surface area contributed by atoms with Crippen LogP contribution in [0.4, 0.5) is 5.69 Å². The zero-order chi connectivity index (χ0) is 16.9. The van der Waals surface area contributed by atoms with E-state index in [2.05, 4.69) is 10.6 Å². The van der Waals surface area contributed by atoms with Crippen LogP contribution in [0.2, 0.25) is 0 Å². The number of para-hydroxylation sites is 1. The van der Waals surface area contributed by atoms with Crippen molar-refractivity contribution in [3.63, 3.8) is 0 Å². The average molecular weight is 310 g/mol. The van der Waals surface area contributed by atoms with Crippen molar-refractivity contribution >= 4 is 17.5 Å². The maximum atomic E-state index is 12.5. The molecule has 120 valence electrons. The maximum Gasteiger partial charge on any atom is 0.239 e. The monoisotopic (exact) mass is 310 g/mol. The van der Waals surface area contributed by atoms with Crippen LogP contribution >= 0.6 is 0 Å². The predicted octanol–water partition coefficient (Wildman–Crippen LogP) is 3.28. The van der Waals surface area contributed by atoms with Gasteiger partial charge in [-0.2, -0.15) is 0 Å². The smallest absolute Gasteiger partial charge is 0.239 e. The lowest BCUT2D eigenvalue weighted by Gasteiger charge is -2.23. The van der Waals surface area contributed by atoms with Crippen molar-refractivity contribution in [2.24, 2.45) is 5.41 Å². The fourth-order valence-corrected chi connectivity index (χ4v) is 2.09. The van der Waals surface area contributed by atoms with Crippen LogP contribution in [0.3, 0.4) is 0 Å². The Morgan fingerprint density at radius 1 is 0.913 bits per heavy atom. The van der Waals surface area contributed by atoms with E-state index in [1.54, 1.807) is 13.8 Å². The first-order valence-corrected chi connectivity index (χ1v) is 7.60. The molecule has 4 heteroatoms. The Labute approximate surface area is 136 Å². The number of rotatable bonds is 5. The van der Waals surface area contributed by atoms with E-state index >= 15 is 0 Å². The standard InChI is InChI=1S/C19H22N2O2/c1-14-9-7-8-12-16(14)21-18(23)19(2,3)17(22)20-13-15-10-5-4-6-11-15/h4-12H,13H2,1-3H3,(H,20,22)(H,21,23). The molecule has 4 nitrogen and oxygen atoms in total. The molecular formula is C19H22N2O2. The Morgan fingerprint density at radius 2 is 1.52 bits per heavy atom. The molecule has 2 amide bonds. The van der Waals surface area contributed by atoms with E-state index in [1.807, 2.05) is 61.5 Å². The van der Waals surface area contributed by atoms with Gasteiger partial charge in [-0.3, -0.25) is 9.59 Å². The van der Waals surface area contributed by atoms with Crippen molar-refractivity contribution in [3.05, 3.63) is 65.7 Å². The molecule has 23 heavy (non-hydrogen) atoms. The summed E-state index contributed by atoms with van der Waals surface area (Å²) in [5, 5.41) is 5.65. The molecule has 0 aliphatic carbocycles. The van der Waals surface area contributed by atoms with Crippen LogP contribution in [0.25, 0.3) is 0 Å². The van der Waals surface area contributed by atoms with Crippen LogP contribution in [0.5, 0.6) is 0 Å². The topological polar surface area (TPSA) is 58.2 Å². The van der Waals surface area contributed by atoms with Gasteiger partial charge in [0.15, 0.2) is 0 Å². The van der Waals surface area contributed by atoms with Crippen molar-refractivity contribution in [2.75, 3.05) is 5.32 Å². The van der Waals surface area contributed by atoms with E-state index in [0.717, 1.165) is 16.8 Å². The zero-order valence-electron chi connectivity index (χ0n) is 13.7. The lowest BCUT2D eigenvalue weighted by Crippen LogP contribution is -2.44. The zero-order valence-corrected chi connectivity index (χ0v) is 13.7. The van der Waals surface area contributed by atoms with Crippen LogP contribution in [0.1, 0.15) is 25.0 Å². The Hall–Kier alpha value is -2.62. The second-order valence-electron chi connectivity index (χ2n) is 6.06. The number of carbonyl (C=O) groups excluding carboxylic acids is 2. The van der Waals surface area contributed by atoms with E-state index in [0.29, 0.717) is 6.54 Å². The highest BCUT2D eigenvalue weighted by molar-refractivity contribution is 6.10. The Morgan fingerprint density at radius 3 is 2.17 bits per heavy atom. The van der Waals surface area contributed by atoms with Gasteiger partial charge in [0, 0.05) is 12.2 Å². The van der Waals surface area contributed by atoms with E-state index < -0.39 is 5.41 Å². The summed E-state index contributed by atoms with van der Waals surface area (Å²) in [7, 11) is 0. The molecule has 0 bridgehead atoms. The molecule has 0 aliphatic rings. The molecule has 2 N–H and O–H groups in total. The molecule has 0 atom stereocenters. The number of amides is 2. The van der Waals surface area contributed by atoms with E-state index in [1.165, 1.54) is 0 Å². The van der Waals surface area contributed by atoms with E-state index in [4.69, 9.17) is 0 Å². The largest absolute Gasteiger partial charge is 0.351 e. The molecule has 0 saturated heterocycles. The Kier molecular flexibility index (Phi) is 5.16. The molecule has 0 unspecified atom stereocenters. The van der Waals surface area contributed by atoms with Crippen molar-refractivity contribution in [1.29, 1.82) is 0 Å². The van der Waals surface area contributed by atoms with Gasteiger partial charge in [-0.15, -0.1) is 0 Å². The second kappa shape index (κ2) is 7.09. The number of aryl methyl sites for hydroxylation is 1. The van der Waals surface area contributed by atoms with Gasteiger partial charge in [0.05, 0.1) is 0 Å². The Balaban J connectivity index is 2.00. The minimum atomic E-state index is -1.16. The molecule has 2 rings (SSSR count). The van der Waals surface area contributed by atoms with Crippen LogP contribution < -0.4 is 10.6 Å². The number of hydrogen-bond acceptors (Lipinski definition) is 2. The first-order chi connectivity index (χ1) is 10.9. The van der Waals surface area contributed by atoms with Crippen LogP contribution in [0, 0.1) is 12.3 Å². The molecule has 0 spiro atoms. The van der Waals surface area contributed by atoms with Crippen LogP contribution in [0.15, 0.2) is 54.6 Å². The molecular weight excluding hydrogens is 288 g/mol. The number of hydrogen-bond donors (Lipinski definition) is 2. The second-order valence-corrected chi connectivity index (χ2v) is 6.06. The van der Waals surface area contributed by atoms with Crippen molar-refractivity contribution in [2.45, 2.75) is 27.3 Å². The van der Waals surface area contributed by atoms with Gasteiger partial charge in [0.2, 0.25) is 11.8 Å². The quantitative estimate of drug-likeness (QED) is 0.833. The number of benzene rings is 2. The summed E-state index contributed by atoms with van der Waals surface area (Å²) in [6, 6.07) is 17.1. The van der Waals surface area contributed by atoms with Crippen LogP contribution in [-0.2, 0) is 16.1 Å². The fourth-order valence-electron chi connectivity index (χ4n) is 2.09. The highest BCUT2D eigenvalue weighted by atomic mass is 16.2. The van der Waals surface area contributed by atoms with Gasteiger partial charge in [0.1, 0.15) is 5.41 Å². The molecule has 2 aromatic rings. The molecule has 0 fully saturated rings. The van der Waals surface area contributed by atoms with Crippen LogP contribution in [-0.4, -0.2) is 11.8 Å². The molecule has 0 saturated carbocycles. The highest BCUT2D eigenvalue weighted by Crippen LogP contribution is 2.21. The Bertz CT molecular complexity index is 694. The summed E-state index contributed by atoms with van der Waals surface area (Å²) >= 11 is 0. The minimum Gasteiger partial charge on any atom is -0.351 e. The summed E-state index contributed by atoms with van der Waals surface area (Å²) in [5.41, 5.74) is 1.52. The van der Waals surface area contributed by atoms with Gasteiger partial charge in [0.25, 0.3) is 0 Å². The summed E-state index contributed by atoms with van der Waals surface area (Å²) < 4.78 is 0. The summed E-state index contributed by atoms with van der Waals surface area (Å²) in [6.07, 6.45) is 0. The van der Waals surface area contributed by atoms with E-state index in [-0.39, 0.29) is 11.8 Å². The predicted molar refractivity (Wildman–Crippen MR) is 91.9 cm³/mol. The SMILES string of the molecule is Cc1ccccc1NC(=O)C(C)(C)C(=O)NCc1ccccc1. The number of carbonyl (C=O) groups is 2. The summed E-state index contributed by atoms with van der Waals surface area (Å²) in [5.74, 6) is -0.621. The van der Waals surface area contributed by atoms with Crippen molar-refractivity contribution in [3.8, 4) is 0 Å². The molecule has 0 aliphatic heterocycles. The van der Waals surface area contributed by atoms with Gasteiger partial charge in [-0.1, -0.05) is 48.5 Å². The molecule has 0 radical (unpaired) electrons.